The van der Waals surface area contributed by atoms with Gasteiger partial charge in [-0.1, -0.05) is 46.4 Å². The van der Waals surface area contributed by atoms with Gasteiger partial charge < -0.3 is 34.4 Å². The highest BCUT2D eigenvalue weighted by Gasteiger charge is 2.38. The van der Waals surface area contributed by atoms with E-state index in [1.807, 2.05) is 52.5 Å². The molecule has 3 aliphatic heterocycles. The lowest BCUT2D eigenvalue weighted by Crippen LogP contribution is -2.62. The predicted octanol–water partition coefficient (Wildman–Crippen LogP) is 5.71. The molecular weight excluding hydrogens is 849 g/mol. The van der Waals surface area contributed by atoms with E-state index in [1.165, 1.54) is 16.0 Å². The number of nitrogens with zero attached hydrogens (tertiary/aromatic N) is 6. The van der Waals surface area contributed by atoms with E-state index in [0.717, 1.165) is 51.0 Å². The molecule has 1 unspecified atom stereocenters. The maximum Gasteiger partial charge on any atom is 0.324 e. The molecule has 0 saturated carbocycles. The summed E-state index contributed by atoms with van der Waals surface area (Å²) >= 11 is 0. The van der Waals surface area contributed by atoms with Gasteiger partial charge >= 0.3 is 5.97 Å². The summed E-state index contributed by atoms with van der Waals surface area (Å²) in [7, 11) is 5.67. The summed E-state index contributed by atoms with van der Waals surface area (Å²) in [6.45, 7) is 16.4. The van der Waals surface area contributed by atoms with Gasteiger partial charge in [0.15, 0.2) is 0 Å². The van der Waals surface area contributed by atoms with Crippen molar-refractivity contribution >= 4 is 40.5 Å². The van der Waals surface area contributed by atoms with Gasteiger partial charge in [0.1, 0.15) is 23.9 Å². The number of hydrogen-bond acceptors (Lipinski definition) is 10. The highest BCUT2D eigenvalue weighted by molar-refractivity contribution is 5.96. The van der Waals surface area contributed by atoms with Crippen LogP contribution < -0.4 is 10.7 Å². The molecule has 2 aromatic carbocycles. The Balaban J connectivity index is 1.27. The molecule has 6 bridgehead atoms. The number of nitrogens with one attached hydrogen (secondary N) is 2. The number of ether oxygens (including phenoxy) is 1. The minimum absolute atomic E-state index is 0.000967. The van der Waals surface area contributed by atoms with Crippen molar-refractivity contribution < 1.29 is 33.8 Å². The number of carbonyl (C=O) groups is 5. The fourth-order valence-electron chi connectivity index (χ4n) is 10.2. The largest absolute Gasteiger partial charge is 0.508 e. The van der Waals surface area contributed by atoms with E-state index >= 15 is 0 Å². The average Bonchev–Trinajstić information content (AvgIpc) is 3.88. The molecule has 15 heteroatoms. The molecule has 67 heavy (non-hydrogen) atoms. The second-order valence-electron chi connectivity index (χ2n) is 20.1. The van der Waals surface area contributed by atoms with Crippen LogP contribution in [0.15, 0.2) is 67.5 Å². The number of carbonyl (C=O) groups excluding carboxylic acids is 5. The van der Waals surface area contributed by atoms with Crippen LogP contribution in [0.3, 0.4) is 0 Å². The summed E-state index contributed by atoms with van der Waals surface area (Å²) in [6, 6.07) is 10.9. The van der Waals surface area contributed by atoms with E-state index in [0.29, 0.717) is 50.9 Å². The fraction of sp³-hybridized carbons (Fsp3) is 0.500. The van der Waals surface area contributed by atoms with E-state index < -0.39 is 41.3 Å². The molecule has 3 N–H and O–H groups in total. The molecule has 4 amide bonds. The van der Waals surface area contributed by atoms with Gasteiger partial charge in [0, 0.05) is 86.9 Å². The second-order valence-corrected chi connectivity index (χ2v) is 20.1. The smallest absolute Gasteiger partial charge is 0.324 e. The summed E-state index contributed by atoms with van der Waals surface area (Å²) in [5.41, 5.74) is 10.1. The van der Waals surface area contributed by atoms with Gasteiger partial charge in [0.2, 0.25) is 17.7 Å². The molecule has 5 heterocycles. The zero-order chi connectivity index (χ0) is 48.3. The Kier molecular flexibility index (Phi) is 14.9. The number of likely N-dealkylation sites (N-methyl/N-ethyl adjacent to an activating group) is 1. The number of cyclic esters (lactones) is 1. The Labute approximate surface area is 394 Å². The molecule has 4 atom stereocenters. The first-order valence-corrected chi connectivity index (χ1v) is 23.6. The Hall–Kier alpha value is -6.06. The third-order valence-electron chi connectivity index (χ3n) is 13.4. The van der Waals surface area contributed by atoms with E-state index in [9.17, 15) is 29.1 Å². The molecule has 2 aromatic heterocycles. The molecule has 4 aromatic rings. The van der Waals surface area contributed by atoms with Crippen LogP contribution in [-0.2, 0) is 54.6 Å². The van der Waals surface area contributed by atoms with Gasteiger partial charge in [-0.05, 0) is 123 Å². The number of fused-ring (bicyclic) bond motifs is 6. The third-order valence-corrected chi connectivity index (χ3v) is 13.4. The van der Waals surface area contributed by atoms with Crippen molar-refractivity contribution in [2.75, 3.05) is 47.4 Å². The standard InChI is InChI=1S/C52H68N8O7/c1-10-45(62)58-18-16-33(30-58)23-46(63)57(9)47(32(3)4)49(64)54-43-22-34-19-37(24-39(61)21-34)36-14-15-44-40(25-36)41(48(59(44)11-2)38-20-35(27-53-28-38)29-56(7)8)26-52(5,6)31-67-51(66)42-13-12-17-60(55-42)50(43)65/h10,14-15,19-21,24-25,27-28,32-33,42-43,47,55,61H,1,11-13,16-18,22-23,26,29-31H2,2-9H3,(H,54,64)/t33-,42+,43+,47?/m1/s1. The summed E-state index contributed by atoms with van der Waals surface area (Å²) < 4.78 is 8.42. The zero-order valence-electron chi connectivity index (χ0n) is 40.4. The number of pyridine rings is 1. The van der Waals surface area contributed by atoms with Crippen molar-refractivity contribution in [1.29, 1.82) is 0 Å². The highest BCUT2D eigenvalue weighted by atomic mass is 16.5. The van der Waals surface area contributed by atoms with Crippen molar-refractivity contribution in [2.24, 2.45) is 17.3 Å². The van der Waals surface area contributed by atoms with Crippen molar-refractivity contribution in [2.45, 2.75) is 104 Å². The number of aromatic hydroxyl groups is 1. The van der Waals surface area contributed by atoms with E-state index in [-0.39, 0.29) is 55.4 Å². The average molecular weight is 917 g/mol. The Morgan fingerprint density at radius 1 is 1.03 bits per heavy atom. The number of aryl methyl sites for hydroxylation is 1. The molecule has 2 fully saturated rings. The number of phenols is 1. The summed E-state index contributed by atoms with van der Waals surface area (Å²) in [5, 5.41) is 16.8. The number of rotatable bonds is 11. The molecule has 7 rings (SSSR count). The maximum absolute atomic E-state index is 14.7. The number of esters is 1. The van der Waals surface area contributed by atoms with E-state index in [1.54, 1.807) is 24.1 Å². The number of hydrogen-bond donors (Lipinski definition) is 3. The maximum atomic E-state index is 14.7. The summed E-state index contributed by atoms with van der Waals surface area (Å²) in [4.78, 5) is 79.1. The quantitative estimate of drug-likeness (QED) is 0.125. The number of aromatic nitrogens is 2. The van der Waals surface area contributed by atoms with Crippen LogP contribution in [0.5, 0.6) is 5.75 Å². The lowest BCUT2D eigenvalue weighted by molar-refractivity contribution is -0.155. The minimum Gasteiger partial charge on any atom is -0.508 e. The van der Waals surface area contributed by atoms with Crippen LogP contribution in [0.1, 0.15) is 77.0 Å². The van der Waals surface area contributed by atoms with Crippen LogP contribution in [0.25, 0.3) is 33.3 Å². The SMILES string of the molecule is C=CC(=O)N1CC[C@H](CC(=O)N(C)C(C(=O)N[C@H]2Cc3cc(O)cc(c3)-c3ccc4c(c3)c(c(-c3cncc(CN(C)C)c3)n4CC)CC(C)(C)COC(=O)[C@@H]3CCCN(N3)C2=O)C(C)C)C1. The van der Waals surface area contributed by atoms with Crippen LogP contribution >= 0.6 is 0 Å². The van der Waals surface area contributed by atoms with Crippen LogP contribution in [0.4, 0.5) is 0 Å². The molecular formula is C52H68N8O7. The van der Waals surface area contributed by atoms with Crippen LogP contribution in [0.2, 0.25) is 0 Å². The minimum atomic E-state index is -1.15. The van der Waals surface area contributed by atoms with Gasteiger partial charge in [0.05, 0.1) is 12.3 Å². The van der Waals surface area contributed by atoms with Gasteiger partial charge in [-0.15, -0.1) is 0 Å². The highest BCUT2D eigenvalue weighted by Crippen LogP contribution is 2.41. The van der Waals surface area contributed by atoms with Gasteiger partial charge in [0.25, 0.3) is 5.91 Å². The lowest BCUT2D eigenvalue weighted by atomic mass is 9.84. The van der Waals surface area contributed by atoms with Gasteiger partial charge in [-0.2, -0.15) is 0 Å². The fourth-order valence-corrected chi connectivity index (χ4v) is 10.2. The number of phenolic OH excluding ortho intramolecular Hbond substituents is 1. The molecule has 2 saturated heterocycles. The molecule has 358 valence electrons. The monoisotopic (exact) mass is 917 g/mol. The van der Waals surface area contributed by atoms with Gasteiger partial charge in [-0.3, -0.25) is 34.0 Å². The summed E-state index contributed by atoms with van der Waals surface area (Å²) in [6.07, 6.45) is 7.45. The Bertz CT molecular complexity index is 2530. The predicted molar refractivity (Wildman–Crippen MR) is 258 cm³/mol. The zero-order valence-corrected chi connectivity index (χ0v) is 40.4. The van der Waals surface area contributed by atoms with Crippen molar-refractivity contribution in [3.8, 4) is 28.1 Å². The second kappa shape index (κ2) is 20.4. The molecule has 3 aliphatic rings. The van der Waals surface area contributed by atoms with Crippen LogP contribution in [-0.4, -0.2) is 129 Å². The number of benzene rings is 2. The molecule has 0 spiro atoms. The first-order valence-electron chi connectivity index (χ1n) is 23.6. The summed E-state index contributed by atoms with van der Waals surface area (Å²) in [5.74, 6) is -2.23. The Morgan fingerprint density at radius 2 is 1.81 bits per heavy atom. The van der Waals surface area contributed by atoms with Crippen molar-refractivity contribution in [3.63, 3.8) is 0 Å². The lowest BCUT2D eigenvalue weighted by Gasteiger charge is -2.37. The molecule has 0 aliphatic carbocycles. The van der Waals surface area contributed by atoms with E-state index in [2.05, 4.69) is 70.7 Å². The number of amides is 4. The van der Waals surface area contributed by atoms with Crippen molar-refractivity contribution in [1.82, 2.24) is 40.0 Å². The topological polar surface area (TPSA) is 170 Å². The number of hydrazine groups is 1. The third kappa shape index (κ3) is 11.1. The first-order chi connectivity index (χ1) is 31.9. The van der Waals surface area contributed by atoms with Crippen LogP contribution in [0, 0.1) is 17.3 Å². The van der Waals surface area contributed by atoms with Crippen molar-refractivity contribution in [3.05, 3.63) is 84.2 Å². The normalized spacial score (nSPS) is 20.4. The Morgan fingerprint density at radius 3 is 2.52 bits per heavy atom. The molecule has 15 nitrogen and oxygen atoms in total. The first kappa shape index (κ1) is 48.9. The van der Waals surface area contributed by atoms with E-state index in [4.69, 9.17) is 4.74 Å². The van der Waals surface area contributed by atoms with Gasteiger partial charge in [-0.25, -0.2) is 5.43 Å². The molecule has 0 radical (unpaired) electrons. The number of likely N-dealkylation sites (tertiary alicyclic amines) is 1.